The third-order valence-corrected chi connectivity index (χ3v) is 5.76. The lowest BCUT2D eigenvalue weighted by atomic mass is 10.2. The first-order valence-corrected chi connectivity index (χ1v) is 9.75. The Labute approximate surface area is 161 Å². The fourth-order valence-electron chi connectivity index (χ4n) is 3.11. The van der Waals surface area contributed by atoms with Crippen molar-refractivity contribution in [3.8, 4) is 11.5 Å². The van der Waals surface area contributed by atoms with Crippen LogP contribution < -0.4 is 14.8 Å². The Hall–Kier alpha value is -1.96. The number of carbonyl (C=O) groups excluding carboxylic acids is 1. The van der Waals surface area contributed by atoms with Crippen LogP contribution in [0.1, 0.15) is 10.4 Å². The third-order valence-electron chi connectivity index (χ3n) is 4.55. The van der Waals surface area contributed by atoms with E-state index < -0.39 is 0 Å². The van der Waals surface area contributed by atoms with Gasteiger partial charge >= 0.3 is 6.03 Å². The van der Waals surface area contributed by atoms with Gasteiger partial charge in [-0.2, -0.15) is 0 Å². The van der Waals surface area contributed by atoms with Crippen LogP contribution >= 0.6 is 22.9 Å². The summed E-state index contributed by atoms with van der Waals surface area (Å²) in [5, 5.41) is 2.98. The summed E-state index contributed by atoms with van der Waals surface area (Å²) in [6.45, 7) is 4.82. The first-order valence-electron chi connectivity index (χ1n) is 8.55. The zero-order chi connectivity index (χ0) is 17.9. The summed E-state index contributed by atoms with van der Waals surface area (Å²) in [7, 11) is 0. The summed E-state index contributed by atoms with van der Waals surface area (Å²) < 4.78 is 11.5. The predicted molar refractivity (Wildman–Crippen MR) is 101 cm³/mol. The Morgan fingerprint density at radius 2 is 1.92 bits per heavy atom. The molecule has 1 aromatic carbocycles. The van der Waals surface area contributed by atoms with Crippen LogP contribution in [-0.2, 0) is 13.1 Å². The van der Waals surface area contributed by atoms with Gasteiger partial charge in [0, 0.05) is 44.1 Å². The molecule has 4 rings (SSSR count). The summed E-state index contributed by atoms with van der Waals surface area (Å²) in [4.78, 5) is 17.9. The second kappa shape index (κ2) is 7.73. The number of rotatable bonds is 4. The van der Waals surface area contributed by atoms with Crippen molar-refractivity contribution in [3.63, 3.8) is 0 Å². The summed E-state index contributed by atoms with van der Waals surface area (Å²) in [5.74, 6) is 1.49. The molecule has 1 N–H and O–H groups in total. The molecule has 0 radical (unpaired) electrons. The van der Waals surface area contributed by atoms with Gasteiger partial charge in [0.25, 0.3) is 0 Å². The van der Waals surface area contributed by atoms with Crippen molar-refractivity contribution in [3.05, 3.63) is 45.1 Å². The lowest BCUT2D eigenvalue weighted by molar-refractivity contribution is 0.135. The number of urea groups is 1. The molecule has 3 heterocycles. The molecular formula is C18H20ClN3O3S. The number of thiophene rings is 1. The van der Waals surface area contributed by atoms with Crippen molar-refractivity contribution in [2.24, 2.45) is 0 Å². The largest absolute Gasteiger partial charge is 0.454 e. The average molecular weight is 394 g/mol. The number of nitrogens with one attached hydrogen (secondary N) is 1. The first-order chi connectivity index (χ1) is 12.7. The highest BCUT2D eigenvalue weighted by molar-refractivity contribution is 7.16. The SMILES string of the molecule is O=C(NCc1ccc2c(c1)OCO2)N1CCN(Cc2ccc(Cl)s2)CC1. The van der Waals surface area contributed by atoms with Gasteiger partial charge in [0.05, 0.1) is 4.34 Å². The van der Waals surface area contributed by atoms with Gasteiger partial charge in [-0.15, -0.1) is 11.3 Å². The highest BCUT2D eigenvalue weighted by Crippen LogP contribution is 2.32. The number of halogens is 1. The monoisotopic (exact) mass is 393 g/mol. The minimum atomic E-state index is -0.0264. The molecule has 1 aromatic heterocycles. The first kappa shape index (κ1) is 17.5. The molecule has 2 aliphatic rings. The van der Waals surface area contributed by atoms with Gasteiger partial charge < -0.3 is 19.7 Å². The molecule has 138 valence electrons. The number of ether oxygens (including phenoxy) is 2. The molecule has 0 unspecified atom stereocenters. The van der Waals surface area contributed by atoms with Crippen molar-refractivity contribution in [1.82, 2.24) is 15.1 Å². The number of hydrogen-bond donors (Lipinski definition) is 1. The van der Waals surface area contributed by atoms with Crippen molar-refractivity contribution >= 4 is 29.0 Å². The molecule has 1 fully saturated rings. The van der Waals surface area contributed by atoms with E-state index in [1.807, 2.05) is 29.2 Å². The van der Waals surface area contributed by atoms with E-state index in [2.05, 4.69) is 16.3 Å². The molecule has 1 saturated heterocycles. The Morgan fingerprint density at radius 3 is 2.69 bits per heavy atom. The van der Waals surface area contributed by atoms with Crippen molar-refractivity contribution in [1.29, 1.82) is 0 Å². The Bertz CT molecular complexity index is 790. The smallest absolute Gasteiger partial charge is 0.317 e. The van der Waals surface area contributed by atoms with E-state index >= 15 is 0 Å². The topological polar surface area (TPSA) is 54.0 Å². The zero-order valence-corrected chi connectivity index (χ0v) is 15.8. The molecule has 0 bridgehead atoms. The highest BCUT2D eigenvalue weighted by atomic mass is 35.5. The summed E-state index contributed by atoms with van der Waals surface area (Å²) in [6, 6.07) is 9.70. The van der Waals surface area contributed by atoms with E-state index in [-0.39, 0.29) is 12.8 Å². The Balaban J connectivity index is 1.23. The van der Waals surface area contributed by atoms with E-state index in [4.69, 9.17) is 21.1 Å². The molecule has 2 amide bonds. The predicted octanol–water partition coefficient (Wildman–Crippen LogP) is 3.16. The maximum Gasteiger partial charge on any atom is 0.317 e. The van der Waals surface area contributed by atoms with Crippen LogP contribution in [0.25, 0.3) is 0 Å². The lowest BCUT2D eigenvalue weighted by Gasteiger charge is -2.34. The number of piperazine rings is 1. The number of fused-ring (bicyclic) bond motifs is 1. The van der Waals surface area contributed by atoms with Gasteiger partial charge in [0.2, 0.25) is 6.79 Å². The Morgan fingerprint density at radius 1 is 1.12 bits per heavy atom. The van der Waals surface area contributed by atoms with Crippen LogP contribution in [0.4, 0.5) is 4.79 Å². The minimum Gasteiger partial charge on any atom is -0.454 e. The minimum absolute atomic E-state index is 0.0264. The number of benzene rings is 1. The maximum atomic E-state index is 12.4. The molecule has 26 heavy (non-hydrogen) atoms. The van der Waals surface area contributed by atoms with Crippen molar-refractivity contribution < 1.29 is 14.3 Å². The fourth-order valence-corrected chi connectivity index (χ4v) is 4.24. The maximum absolute atomic E-state index is 12.4. The van der Waals surface area contributed by atoms with Crippen LogP contribution in [0.2, 0.25) is 4.34 Å². The molecule has 0 aliphatic carbocycles. The van der Waals surface area contributed by atoms with Gasteiger partial charge in [-0.05, 0) is 29.8 Å². The molecule has 0 saturated carbocycles. The van der Waals surface area contributed by atoms with Crippen LogP contribution in [-0.4, -0.2) is 48.8 Å². The summed E-state index contributed by atoms with van der Waals surface area (Å²) in [6.07, 6.45) is 0. The molecular weight excluding hydrogens is 374 g/mol. The fraction of sp³-hybridized carbons (Fsp3) is 0.389. The number of hydrogen-bond acceptors (Lipinski definition) is 5. The highest BCUT2D eigenvalue weighted by Gasteiger charge is 2.21. The average Bonchev–Trinajstić information content (AvgIpc) is 3.28. The van der Waals surface area contributed by atoms with Gasteiger partial charge in [-0.3, -0.25) is 4.90 Å². The van der Waals surface area contributed by atoms with Gasteiger partial charge in [-0.1, -0.05) is 17.7 Å². The third kappa shape index (κ3) is 4.06. The lowest BCUT2D eigenvalue weighted by Crippen LogP contribution is -2.51. The van der Waals surface area contributed by atoms with Crippen LogP contribution in [0.3, 0.4) is 0 Å². The molecule has 0 spiro atoms. The quantitative estimate of drug-likeness (QED) is 0.866. The van der Waals surface area contributed by atoms with E-state index in [0.717, 1.165) is 54.1 Å². The van der Waals surface area contributed by atoms with Crippen LogP contribution in [0.5, 0.6) is 11.5 Å². The van der Waals surface area contributed by atoms with Crippen LogP contribution in [0, 0.1) is 0 Å². The van der Waals surface area contributed by atoms with E-state index in [1.54, 1.807) is 11.3 Å². The van der Waals surface area contributed by atoms with Gasteiger partial charge in [0.15, 0.2) is 11.5 Å². The van der Waals surface area contributed by atoms with E-state index in [1.165, 1.54) is 4.88 Å². The molecule has 8 heteroatoms. The number of amides is 2. The van der Waals surface area contributed by atoms with Gasteiger partial charge in [-0.25, -0.2) is 4.79 Å². The second-order valence-electron chi connectivity index (χ2n) is 6.32. The van der Waals surface area contributed by atoms with E-state index in [0.29, 0.717) is 6.54 Å². The molecule has 0 atom stereocenters. The zero-order valence-electron chi connectivity index (χ0n) is 14.2. The normalized spacial score (nSPS) is 16.7. The Kier molecular flexibility index (Phi) is 5.19. The number of nitrogens with zero attached hydrogens (tertiary/aromatic N) is 2. The second-order valence-corrected chi connectivity index (χ2v) is 8.11. The number of carbonyl (C=O) groups is 1. The van der Waals surface area contributed by atoms with Gasteiger partial charge in [0.1, 0.15) is 0 Å². The van der Waals surface area contributed by atoms with Crippen molar-refractivity contribution in [2.75, 3.05) is 33.0 Å². The summed E-state index contributed by atoms with van der Waals surface area (Å²) in [5.41, 5.74) is 0.996. The van der Waals surface area contributed by atoms with Crippen molar-refractivity contribution in [2.45, 2.75) is 13.1 Å². The summed E-state index contributed by atoms with van der Waals surface area (Å²) >= 11 is 7.60. The van der Waals surface area contributed by atoms with E-state index in [9.17, 15) is 4.79 Å². The molecule has 2 aromatic rings. The molecule has 6 nitrogen and oxygen atoms in total. The standard InChI is InChI=1S/C18H20ClN3O3S/c19-17-4-2-14(26-17)11-21-5-7-22(8-6-21)18(23)20-10-13-1-3-15-16(9-13)25-12-24-15/h1-4,9H,5-8,10-12H2,(H,20,23). The van der Waals surface area contributed by atoms with Crippen LogP contribution in [0.15, 0.2) is 30.3 Å². The molecule has 2 aliphatic heterocycles.